The topological polar surface area (TPSA) is 37.4 Å². The van der Waals surface area contributed by atoms with E-state index in [0.717, 1.165) is 6.42 Å². The number of carbonyl (C=O) groups excluding carboxylic acids is 2. The summed E-state index contributed by atoms with van der Waals surface area (Å²) < 4.78 is 0. The minimum atomic E-state index is 0.00870. The molecule has 80 valence electrons. The molecule has 0 aromatic rings. The lowest BCUT2D eigenvalue weighted by Crippen LogP contribution is -2.44. The SMILES string of the molecule is CC(C)CC(C)N1CCC(=O)CC1=O. The maximum Gasteiger partial charge on any atom is 0.230 e. The smallest absolute Gasteiger partial charge is 0.230 e. The van der Waals surface area contributed by atoms with Gasteiger partial charge < -0.3 is 4.90 Å². The molecule has 1 heterocycles. The molecule has 1 fully saturated rings. The summed E-state index contributed by atoms with van der Waals surface area (Å²) in [5.41, 5.74) is 0. The van der Waals surface area contributed by atoms with Crippen molar-refractivity contribution in [2.45, 2.75) is 46.1 Å². The van der Waals surface area contributed by atoms with Crippen LogP contribution >= 0.6 is 0 Å². The Labute approximate surface area is 85.5 Å². The molecule has 3 nitrogen and oxygen atoms in total. The Morgan fingerprint density at radius 2 is 1.93 bits per heavy atom. The Kier molecular flexibility index (Phi) is 3.67. The Hall–Kier alpha value is -0.860. The number of nitrogens with zero attached hydrogens (tertiary/aromatic N) is 1. The van der Waals surface area contributed by atoms with Crippen molar-refractivity contribution in [3.8, 4) is 0 Å². The van der Waals surface area contributed by atoms with Crippen LogP contribution in [0.5, 0.6) is 0 Å². The predicted octanol–water partition coefficient (Wildman–Crippen LogP) is 1.61. The molecular weight excluding hydrogens is 178 g/mol. The van der Waals surface area contributed by atoms with Gasteiger partial charge in [0.1, 0.15) is 5.78 Å². The molecular formula is C11H19NO2. The third-order valence-corrected chi connectivity index (χ3v) is 2.64. The molecule has 1 saturated heterocycles. The first-order chi connectivity index (χ1) is 6.50. The van der Waals surface area contributed by atoms with Crippen molar-refractivity contribution in [1.82, 2.24) is 4.90 Å². The number of amides is 1. The van der Waals surface area contributed by atoms with Gasteiger partial charge in [-0.3, -0.25) is 9.59 Å². The summed E-state index contributed by atoms with van der Waals surface area (Å²) in [5, 5.41) is 0. The fourth-order valence-corrected chi connectivity index (χ4v) is 2.00. The quantitative estimate of drug-likeness (QED) is 0.645. The van der Waals surface area contributed by atoms with E-state index in [0.29, 0.717) is 18.9 Å². The van der Waals surface area contributed by atoms with Crippen molar-refractivity contribution in [3.05, 3.63) is 0 Å². The van der Waals surface area contributed by atoms with E-state index in [1.807, 2.05) is 4.90 Å². The molecule has 0 aromatic carbocycles. The third-order valence-electron chi connectivity index (χ3n) is 2.64. The van der Waals surface area contributed by atoms with Crippen molar-refractivity contribution < 1.29 is 9.59 Å². The molecule has 0 bridgehead atoms. The summed E-state index contributed by atoms with van der Waals surface area (Å²) in [7, 11) is 0. The fourth-order valence-electron chi connectivity index (χ4n) is 2.00. The van der Waals surface area contributed by atoms with Gasteiger partial charge in [-0.2, -0.15) is 0 Å². The first-order valence-electron chi connectivity index (χ1n) is 5.32. The number of likely N-dealkylation sites (tertiary alicyclic amines) is 1. The minimum absolute atomic E-state index is 0.00870. The summed E-state index contributed by atoms with van der Waals surface area (Å²) >= 11 is 0. The van der Waals surface area contributed by atoms with Gasteiger partial charge in [0.2, 0.25) is 5.91 Å². The summed E-state index contributed by atoms with van der Waals surface area (Å²) in [5.74, 6) is 0.688. The molecule has 1 aliphatic heterocycles. The summed E-state index contributed by atoms with van der Waals surface area (Å²) in [6, 6.07) is 0.274. The molecule has 0 saturated carbocycles. The lowest BCUT2D eigenvalue weighted by atomic mass is 10.0. The second-order valence-electron chi connectivity index (χ2n) is 4.53. The lowest BCUT2D eigenvalue weighted by molar-refractivity contribution is -0.141. The molecule has 3 heteroatoms. The third kappa shape index (κ3) is 2.82. The Bertz CT molecular complexity index is 235. The van der Waals surface area contributed by atoms with Gasteiger partial charge in [-0.15, -0.1) is 0 Å². The first-order valence-corrected chi connectivity index (χ1v) is 5.32. The molecule has 0 radical (unpaired) electrons. The van der Waals surface area contributed by atoms with E-state index in [1.54, 1.807) is 0 Å². The molecule has 1 amide bonds. The van der Waals surface area contributed by atoms with Gasteiger partial charge in [0.05, 0.1) is 6.42 Å². The van der Waals surface area contributed by atoms with Crippen molar-refractivity contribution in [2.75, 3.05) is 6.54 Å². The van der Waals surface area contributed by atoms with E-state index in [9.17, 15) is 9.59 Å². The van der Waals surface area contributed by atoms with Crippen LogP contribution < -0.4 is 0 Å². The standard InChI is InChI=1S/C11H19NO2/c1-8(2)6-9(3)12-5-4-10(13)7-11(12)14/h8-9H,4-7H2,1-3H3. The maximum absolute atomic E-state index is 11.5. The van der Waals surface area contributed by atoms with E-state index in [4.69, 9.17) is 0 Å². The van der Waals surface area contributed by atoms with Crippen molar-refractivity contribution in [2.24, 2.45) is 5.92 Å². The van der Waals surface area contributed by atoms with Gasteiger partial charge >= 0.3 is 0 Å². The van der Waals surface area contributed by atoms with Crippen LogP contribution in [0, 0.1) is 5.92 Å². The summed E-state index contributed by atoms with van der Waals surface area (Å²) in [4.78, 5) is 24.4. The van der Waals surface area contributed by atoms with Crippen molar-refractivity contribution in [1.29, 1.82) is 0 Å². The molecule has 14 heavy (non-hydrogen) atoms. The van der Waals surface area contributed by atoms with Crippen LogP contribution in [0.2, 0.25) is 0 Å². The van der Waals surface area contributed by atoms with Gasteiger partial charge in [0.15, 0.2) is 0 Å². The van der Waals surface area contributed by atoms with Crippen LogP contribution in [-0.4, -0.2) is 29.2 Å². The number of hydrogen-bond acceptors (Lipinski definition) is 2. The second-order valence-corrected chi connectivity index (χ2v) is 4.53. The molecule has 1 aliphatic rings. The van der Waals surface area contributed by atoms with Gasteiger partial charge in [-0.05, 0) is 19.3 Å². The van der Waals surface area contributed by atoms with E-state index >= 15 is 0 Å². The highest BCUT2D eigenvalue weighted by molar-refractivity contribution is 6.00. The zero-order chi connectivity index (χ0) is 10.7. The van der Waals surface area contributed by atoms with E-state index in [2.05, 4.69) is 20.8 Å². The van der Waals surface area contributed by atoms with Gasteiger partial charge in [0, 0.05) is 19.0 Å². The maximum atomic E-state index is 11.5. The number of hydrogen-bond donors (Lipinski definition) is 0. The highest BCUT2D eigenvalue weighted by atomic mass is 16.2. The Balaban J connectivity index is 2.51. The largest absolute Gasteiger partial charge is 0.339 e. The molecule has 1 rings (SSSR count). The van der Waals surface area contributed by atoms with Crippen LogP contribution in [0.25, 0.3) is 0 Å². The van der Waals surface area contributed by atoms with Gasteiger partial charge in [-0.25, -0.2) is 0 Å². The molecule has 0 aliphatic carbocycles. The van der Waals surface area contributed by atoms with Crippen LogP contribution in [-0.2, 0) is 9.59 Å². The summed E-state index contributed by atoms with van der Waals surface area (Å²) in [6.07, 6.45) is 1.66. The Morgan fingerprint density at radius 3 is 2.43 bits per heavy atom. The molecule has 0 aromatic heterocycles. The normalized spacial score (nSPS) is 20.4. The zero-order valence-electron chi connectivity index (χ0n) is 9.25. The van der Waals surface area contributed by atoms with Crippen LogP contribution in [0.15, 0.2) is 0 Å². The predicted molar refractivity (Wildman–Crippen MR) is 54.9 cm³/mol. The first kappa shape index (κ1) is 11.2. The van der Waals surface area contributed by atoms with E-state index < -0.39 is 0 Å². The molecule has 1 atom stereocenters. The van der Waals surface area contributed by atoms with E-state index in [1.165, 1.54) is 0 Å². The zero-order valence-corrected chi connectivity index (χ0v) is 9.25. The molecule has 0 N–H and O–H groups in total. The van der Waals surface area contributed by atoms with Crippen LogP contribution in [0.3, 0.4) is 0 Å². The number of rotatable bonds is 3. The highest BCUT2D eigenvalue weighted by Crippen LogP contribution is 2.16. The fraction of sp³-hybridized carbons (Fsp3) is 0.818. The number of carbonyl (C=O) groups is 2. The highest BCUT2D eigenvalue weighted by Gasteiger charge is 2.27. The van der Waals surface area contributed by atoms with Crippen molar-refractivity contribution >= 4 is 11.7 Å². The van der Waals surface area contributed by atoms with Crippen LogP contribution in [0.1, 0.15) is 40.0 Å². The van der Waals surface area contributed by atoms with E-state index in [-0.39, 0.29) is 24.2 Å². The summed E-state index contributed by atoms with van der Waals surface area (Å²) in [6.45, 7) is 6.98. The monoisotopic (exact) mass is 197 g/mol. The van der Waals surface area contributed by atoms with Gasteiger partial charge in [0.25, 0.3) is 0 Å². The van der Waals surface area contributed by atoms with Crippen LogP contribution in [0.4, 0.5) is 0 Å². The Morgan fingerprint density at radius 1 is 1.29 bits per heavy atom. The van der Waals surface area contributed by atoms with Crippen molar-refractivity contribution in [3.63, 3.8) is 0 Å². The van der Waals surface area contributed by atoms with Gasteiger partial charge in [-0.1, -0.05) is 13.8 Å². The molecule has 1 unspecified atom stereocenters. The number of Topliss-reactive ketones (excluding diaryl/α,β-unsaturated/α-hetero) is 1. The number of ketones is 1. The average Bonchev–Trinajstić information content (AvgIpc) is 2.01. The minimum Gasteiger partial charge on any atom is -0.339 e. The number of piperidine rings is 1. The lowest BCUT2D eigenvalue weighted by Gasteiger charge is -2.32. The second kappa shape index (κ2) is 4.58. The average molecular weight is 197 g/mol. The molecule has 0 spiro atoms.